The topological polar surface area (TPSA) is 352 Å². The molecule has 0 spiro atoms. The molecule has 76 heavy (non-hydrogen) atoms. The second-order valence-electron chi connectivity index (χ2n) is 17.1. The molecule has 1 aliphatic carbocycles. The van der Waals surface area contributed by atoms with E-state index in [1.165, 1.54) is 146 Å². The Morgan fingerprint density at radius 3 is 0.553 bits per heavy atom. The van der Waals surface area contributed by atoms with Crippen LogP contribution >= 0.6 is 0 Å². The van der Waals surface area contributed by atoms with Gasteiger partial charge in [-0.1, -0.05) is 0 Å². The summed E-state index contributed by atoms with van der Waals surface area (Å²) in [7, 11) is 0. The summed E-state index contributed by atoms with van der Waals surface area (Å²) in [6, 6.07) is 33.4. The number of hydrogen-bond acceptors (Lipinski definition) is 20. The van der Waals surface area contributed by atoms with E-state index in [9.17, 15) is 60.9 Å². The molecule has 0 unspecified atom stereocenters. The first-order chi connectivity index (χ1) is 36.5. The second-order valence-corrected chi connectivity index (χ2v) is 17.1. The number of hydrogen-bond donors (Lipinski definition) is 4. The fourth-order valence-electron chi connectivity index (χ4n) is 8.12. The van der Waals surface area contributed by atoms with Gasteiger partial charge < -0.3 is 20.4 Å². The number of phenols is 4. The summed E-state index contributed by atoms with van der Waals surface area (Å²) < 4.78 is 0. The molecule has 0 atom stereocenters. The highest BCUT2D eigenvalue weighted by Crippen LogP contribution is 2.43. The monoisotopic (exact) mass is 1020 g/mol. The van der Waals surface area contributed by atoms with Crippen LogP contribution < -0.4 is 0 Å². The van der Waals surface area contributed by atoms with Crippen LogP contribution in [0.1, 0.15) is 44.5 Å². The van der Waals surface area contributed by atoms with Crippen LogP contribution in [0.5, 0.6) is 23.0 Å². The van der Waals surface area contributed by atoms with Crippen molar-refractivity contribution < 1.29 is 40.1 Å². The summed E-state index contributed by atoms with van der Waals surface area (Å²) in [6.07, 6.45) is -0.774. The van der Waals surface area contributed by atoms with Crippen LogP contribution in [0, 0.1) is 40.5 Å². The van der Waals surface area contributed by atoms with Gasteiger partial charge in [0.15, 0.2) is 0 Å². The Bertz CT molecular complexity index is 3170. The third-order valence-electron chi connectivity index (χ3n) is 11.9. The molecule has 24 heteroatoms. The summed E-state index contributed by atoms with van der Waals surface area (Å²) in [5.74, 6) is -1.04. The van der Waals surface area contributed by atoms with Gasteiger partial charge in [-0.25, -0.2) is 0 Å². The Morgan fingerprint density at radius 1 is 0.263 bits per heavy atom. The smallest absolute Gasteiger partial charge is 0.269 e. The lowest BCUT2D eigenvalue weighted by Gasteiger charge is -2.18. The van der Waals surface area contributed by atoms with E-state index in [1.807, 2.05) is 0 Å². The minimum Gasteiger partial charge on any atom is -0.507 e. The minimum absolute atomic E-state index is 0.164. The number of non-ortho nitro benzene ring substituents is 4. The predicted octanol–water partition coefficient (Wildman–Crippen LogP) is 14.5. The highest BCUT2D eigenvalue weighted by molar-refractivity contribution is 5.64. The number of nitrogens with zero attached hydrogens (tertiary/aromatic N) is 12. The van der Waals surface area contributed by atoms with Gasteiger partial charge in [-0.05, 0) is 97.1 Å². The number of aromatic hydroxyl groups is 4. The molecule has 0 aliphatic heterocycles. The molecule has 0 saturated carbocycles. The van der Waals surface area contributed by atoms with Crippen molar-refractivity contribution in [2.24, 2.45) is 40.9 Å². The maximum absolute atomic E-state index is 12.1. The molecule has 9 rings (SSSR count). The largest absolute Gasteiger partial charge is 0.507 e. The highest BCUT2D eigenvalue weighted by atomic mass is 16.6. The summed E-state index contributed by atoms with van der Waals surface area (Å²) in [4.78, 5) is 43.0. The summed E-state index contributed by atoms with van der Waals surface area (Å²) in [5, 5.41) is 129. The van der Waals surface area contributed by atoms with Gasteiger partial charge in [0.25, 0.3) is 22.7 Å². The van der Waals surface area contributed by atoms with Crippen LogP contribution in [0.15, 0.2) is 187 Å². The van der Waals surface area contributed by atoms with E-state index >= 15 is 0 Å². The number of nitro groups is 4. The van der Waals surface area contributed by atoms with Gasteiger partial charge in [-0.3, -0.25) is 40.5 Å². The number of phenolic OH excluding ortho intramolecular Hbond substituents is 4. The van der Waals surface area contributed by atoms with Crippen molar-refractivity contribution in [3.8, 4) is 23.0 Å². The van der Waals surface area contributed by atoms with E-state index in [1.54, 1.807) is 0 Å². The second kappa shape index (κ2) is 21.4. The lowest BCUT2D eigenvalue weighted by Crippen LogP contribution is -2.01. The van der Waals surface area contributed by atoms with E-state index in [4.69, 9.17) is 0 Å². The molecule has 8 aromatic carbocycles. The average molecular weight is 1020 g/mol. The first-order valence-electron chi connectivity index (χ1n) is 22.6. The fraction of sp³-hybridized carbons (Fsp3) is 0.0769. The van der Waals surface area contributed by atoms with E-state index in [0.29, 0.717) is 0 Å². The molecule has 24 nitrogen and oxygen atoms in total. The molecular formula is C52H36N12O12. The Kier molecular flexibility index (Phi) is 14.0. The Balaban J connectivity index is 1.22. The van der Waals surface area contributed by atoms with Gasteiger partial charge in [0.2, 0.25) is 0 Å². The zero-order valence-electron chi connectivity index (χ0n) is 39.1. The van der Waals surface area contributed by atoms with Gasteiger partial charge >= 0.3 is 0 Å². The number of fused-ring (bicyclic) bond motifs is 8. The first kappa shape index (κ1) is 49.9. The molecule has 0 saturated heterocycles. The molecular weight excluding hydrogens is 985 g/mol. The molecule has 8 aromatic rings. The van der Waals surface area contributed by atoms with Crippen LogP contribution in [0.3, 0.4) is 0 Å². The van der Waals surface area contributed by atoms with Crippen molar-refractivity contribution in [2.45, 2.75) is 25.7 Å². The number of azo groups is 4. The fourth-order valence-corrected chi connectivity index (χ4v) is 8.12. The molecule has 0 amide bonds. The lowest BCUT2D eigenvalue weighted by atomic mass is 9.90. The van der Waals surface area contributed by atoms with E-state index in [-0.39, 0.29) is 161 Å². The normalized spacial score (nSPS) is 12.4. The zero-order valence-corrected chi connectivity index (χ0v) is 39.1. The number of benzene rings is 8. The molecule has 4 N–H and O–H groups in total. The molecule has 376 valence electrons. The van der Waals surface area contributed by atoms with E-state index < -0.39 is 19.7 Å². The summed E-state index contributed by atoms with van der Waals surface area (Å²) in [6.45, 7) is 0. The highest BCUT2D eigenvalue weighted by Gasteiger charge is 2.23. The average Bonchev–Trinajstić information content (AvgIpc) is 3.41. The Morgan fingerprint density at radius 2 is 0.408 bits per heavy atom. The third kappa shape index (κ3) is 11.5. The summed E-state index contributed by atoms with van der Waals surface area (Å²) >= 11 is 0. The molecule has 0 fully saturated rings. The van der Waals surface area contributed by atoms with Gasteiger partial charge in [0.1, 0.15) is 23.0 Å². The van der Waals surface area contributed by atoms with Crippen LogP contribution in [0.25, 0.3) is 0 Å². The zero-order chi connectivity index (χ0) is 53.6. The van der Waals surface area contributed by atoms with Crippen LogP contribution in [-0.4, -0.2) is 40.1 Å². The Labute approximate surface area is 427 Å². The van der Waals surface area contributed by atoms with Crippen molar-refractivity contribution >= 4 is 68.2 Å². The maximum Gasteiger partial charge on any atom is 0.269 e. The number of nitro benzene ring substituents is 4. The van der Waals surface area contributed by atoms with E-state index in [2.05, 4.69) is 40.9 Å². The number of rotatable bonds is 12. The minimum atomic E-state index is -0.558. The third-order valence-corrected chi connectivity index (χ3v) is 11.9. The molecule has 8 bridgehead atoms. The van der Waals surface area contributed by atoms with Gasteiger partial charge in [-0.15, -0.1) is 0 Å². The molecule has 0 aromatic heterocycles. The van der Waals surface area contributed by atoms with Crippen molar-refractivity contribution in [1.29, 1.82) is 0 Å². The van der Waals surface area contributed by atoms with Crippen LogP contribution in [0.4, 0.5) is 68.2 Å². The quantitative estimate of drug-likeness (QED) is 0.0504. The first-order valence-corrected chi connectivity index (χ1v) is 22.6. The lowest BCUT2D eigenvalue weighted by molar-refractivity contribution is -0.385. The SMILES string of the molecule is O=[N+]([O-])c1ccc(N=Nc2cc3c(O)c(c2)Cc2cc(N=Nc4ccc([N+](=O)[O-])cc4)cc(c2O)Cc2cc(N=Nc4ccc([N+](=O)[O-])cc4)cc(c2O)Cc2cc(N=Nc4ccc([N+](=O)[O-])cc4)cc(c2O)C3)cc1. The molecule has 0 heterocycles. The van der Waals surface area contributed by atoms with Crippen molar-refractivity contribution in [2.75, 3.05) is 0 Å². The van der Waals surface area contributed by atoms with Crippen LogP contribution in [-0.2, 0) is 25.7 Å². The van der Waals surface area contributed by atoms with E-state index in [0.717, 1.165) is 0 Å². The maximum atomic E-state index is 12.1. The van der Waals surface area contributed by atoms with Gasteiger partial charge in [0.05, 0.1) is 65.2 Å². The van der Waals surface area contributed by atoms with Crippen molar-refractivity contribution in [3.63, 3.8) is 0 Å². The van der Waals surface area contributed by atoms with Gasteiger partial charge in [-0.2, -0.15) is 40.9 Å². The van der Waals surface area contributed by atoms with Crippen LogP contribution in [0.2, 0.25) is 0 Å². The standard InChI is InChI=1S/C52H36N12O12/c65-49-29-17-31-23-42(58-54-38-3-11-46(12-4-38)62(71)72)25-33(50(31)66)19-35-27-44(60-56-40-7-15-48(16-8-40)64(75)76)28-36(52(35)68)20-34-26-43(59-55-39-5-13-47(14-6-39)63(73)74)24-32(51(34)67)18-30(49)22-41(21-29)57-53-37-1-9-45(10-2-37)61(69)70/h1-16,21-28,65-68H,17-20H2. The van der Waals surface area contributed by atoms with Gasteiger partial charge in [0, 0.05) is 119 Å². The Hall–Kier alpha value is -11.0. The molecule has 0 radical (unpaired) electrons. The van der Waals surface area contributed by atoms with Crippen molar-refractivity contribution in [3.05, 3.63) is 231 Å². The molecule has 1 aliphatic rings. The van der Waals surface area contributed by atoms with Crippen molar-refractivity contribution in [1.82, 2.24) is 0 Å². The predicted molar refractivity (Wildman–Crippen MR) is 273 cm³/mol. The summed E-state index contributed by atoms with van der Waals surface area (Å²) in [5.41, 5.74) is 2.85.